The van der Waals surface area contributed by atoms with Crippen molar-refractivity contribution in [1.29, 1.82) is 0 Å². The molecule has 1 aliphatic rings. The maximum absolute atomic E-state index is 11.2. The van der Waals surface area contributed by atoms with E-state index < -0.39 is 23.0 Å². The van der Waals surface area contributed by atoms with E-state index in [-0.39, 0.29) is 5.69 Å². The Hall–Kier alpha value is -2.74. The summed E-state index contributed by atoms with van der Waals surface area (Å²) in [6, 6.07) is 5.00. The first kappa shape index (κ1) is 13.3. The number of nitrogens with one attached hydrogen (secondary N) is 1. The quantitative estimate of drug-likeness (QED) is 0.532. The lowest BCUT2D eigenvalue weighted by molar-refractivity contribution is -0.717. The van der Waals surface area contributed by atoms with Crippen molar-refractivity contribution >= 4 is 11.7 Å². The Kier molecular flexibility index (Phi) is 3.15. The van der Waals surface area contributed by atoms with E-state index in [1.807, 2.05) is 0 Å². The number of aromatic nitrogens is 2. The van der Waals surface area contributed by atoms with Crippen molar-refractivity contribution < 1.29 is 20.1 Å². The first-order chi connectivity index (χ1) is 10.1. The molecule has 0 radical (unpaired) electrons. The van der Waals surface area contributed by atoms with E-state index in [0.29, 0.717) is 17.7 Å². The summed E-state index contributed by atoms with van der Waals surface area (Å²) in [5.74, 6) is -1.16. The summed E-state index contributed by atoms with van der Waals surface area (Å²) in [6.07, 6.45) is 1.80. The molecule has 1 aromatic carbocycles. The number of rotatable bonds is 3. The van der Waals surface area contributed by atoms with Gasteiger partial charge in [0.1, 0.15) is 11.7 Å². The number of carbonyl (C=O) groups excluding carboxylic acids is 1. The largest absolute Gasteiger partial charge is 0.544 e. The van der Waals surface area contributed by atoms with Gasteiger partial charge in [-0.15, -0.1) is 0 Å². The van der Waals surface area contributed by atoms with Crippen LogP contribution in [0.1, 0.15) is 23.0 Å². The summed E-state index contributed by atoms with van der Waals surface area (Å²) in [6.45, 7) is 0. The Morgan fingerprint density at radius 2 is 2.29 bits per heavy atom. The number of imidazole rings is 1. The lowest BCUT2D eigenvalue weighted by Gasteiger charge is -2.27. The minimum atomic E-state index is -1.16. The number of aliphatic carboxylic acids is 1. The van der Waals surface area contributed by atoms with Crippen LogP contribution in [0, 0.1) is 10.1 Å². The number of nitro benzene ring substituents is 1. The maximum Gasteiger partial charge on any atom is 0.269 e. The zero-order chi connectivity index (χ0) is 15.0. The second-order valence-electron chi connectivity index (χ2n) is 4.92. The van der Waals surface area contributed by atoms with Crippen LogP contribution in [0.4, 0.5) is 5.69 Å². The van der Waals surface area contributed by atoms with Gasteiger partial charge in [-0.05, 0) is 0 Å². The molecule has 2 aromatic rings. The summed E-state index contributed by atoms with van der Waals surface area (Å²) in [5, 5.41) is 23.6. The van der Waals surface area contributed by atoms with E-state index in [0.717, 1.165) is 5.69 Å². The molecule has 2 atom stereocenters. The third-order valence-electron chi connectivity index (χ3n) is 3.64. The second-order valence-corrected chi connectivity index (χ2v) is 4.92. The fourth-order valence-corrected chi connectivity index (χ4v) is 2.64. The number of nitro groups is 1. The van der Waals surface area contributed by atoms with Gasteiger partial charge >= 0.3 is 0 Å². The summed E-state index contributed by atoms with van der Waals surface area (Å²) in [7, 11) is 0. The molecular formula is C13H12N4O4. The van der Waals surface area contributed by atoms with Crippen LogP contribution in [0.15, 0.2) is 30.6 Å². The topological polar surface area (TPSA) is 129 Å². The Balaban J connectivity index is 2.03. The highest BCUT2D eigenvalue weighted by atomic mass is 16.6. The van der Waals surface area contributed by atoms with Crippen LogP contribution >= 0.6 is 0 Å². The number of quaternary nitrogens is 1. The molecule has 8 heteroatoms. The minimum absolute atomic E-state index is 0.0337. The van der Waals surface area contributed by atoms with Crippen molar-refractivity contribution in [2.75, 3.05) is 0 Å². The fourth-order valence-electron chi connectivity index (χ4n) is 2.64. The van der Waals surface area contributed by atoms with Gasteiger partial charge in [-0.1, -0.05) is 12.1 Å². The molecule has 1 aliphatic heterocycles. The third kappa shape index (κ3) is 2.36. The number of hydrogen-bond donors (Lipinski definition) is 2. The van der Waals surface area contributed by atoms with E-state index in [1.54, 1.807) is 17.4 Å². The Bertz CT molecular complexity index is 712. The normalized spacial score (nSPS) is 20.8. The number of fused-ring (bicyclic) bond motifs is 1. The van der Waals surface area contributed by atoms with Gasteiger partial charge in [0.15, 0.2) is 6.04 Å². The summed E-state index contributed by atoms with van der Waals surface area (Å²) in [5.41, 5.74) is 2.04. The van der Waals surface area contributed by atoms with Gasteiger partial charge in [0, 0.05) is 24.1 Å². The lowest BCUT2D eigenvalue weighted by atomic mass is 9.94. The molecular weight excluding hydrogens is 276 g/mol. The van der Waals surface area contributed by atoms with E-state index in [1.165, 1.54) is 18.5 Å². The predicted octanol–water partition coefficient (Wildman–Crippen LogP) is -1.35. The number of benzene rings is 1. The predicted molar refractivity (Wildman–Crippen MR) is 68.0 cm³/mol. The van der Waals surface area contributed by atoms with Crippen molar-refractivity contribution in [3.8, 4) is 0 Å². The highest BCUT2D eigenvalue weighted by Crippen LogP contribution is 2.25. The molecule has 2 heterocycles. The number of hydrogen-bond acceptors (Lipinski definition) is 5. The van der Waals surface area contributed by atoms with Gasteiger partial charge < -0.3 is 20.2 Å². The van der Waals surface area contributed by atoms with Crippen LogP contribution < -0.4 is 10.4 Å². The number of nitrogens with zero attached hydrogens (tertiary/aromatic N) is 2. The van der Waals surface area contributed by atoms with Gasteiger partial charge in [-0.3, -0.25) is 10.1 Å². The molecule has 0 fully saturated rings. The first-order valence-electron chi connectivity index (χ1n) is 6.38. The van der Waals surface area contributed by atoms with Crippen molar-refractivity contribution in [2.45, 2.75) is 18.5 Å². The number of nitrogens with two attached hydrogens (primary N) is 1. The molecule has 0 bridgehead atoms. The van der Waals surface area contributed by atoms with Gasteiger partial charge in [-0.2, -0.15) is 0 Å². The number of carbonyl (C=O) groups is 1. The number of H-pyrrole nitrogens is 1. The molecule has 3 N–H and O–H groups in total. The Morgan fingerprint density at radius 3 is 3.00 bits per heavy atom. The molecule has 3 rings (SSSR count). The second kappa shape index (κ2) is 4.98. The number of carboxylic acids is 1. The smallest absolute Gasteiger partial charge is 0.269 e. The monoisotopic (exact) mass is 288 g/mol. The van der Waals surface area contributed by atoms with Crippen LogP contribution in [0.5, 0.6) is 0 Å². The molecule has 21 heavy (non-hydrogen) atoms. The first-order valence-corrected chi connectivity index (χ1v) is 6.38. The van der Waals surface area contributed by atoms with Crippen LogP contribution in [0.25, 0.3) is 0 Å². The number of aromatic amines is 1. The lowest BCUT2D eigenvalue weighted by Crippen LogP contribution is -2.95. The summed E-state index contributed by atoms with van der Waals surface area (Å²) >= 11 is 0. The SMILES string of the molecule is O=C([O-])[C@H]1Cc2[nH]cnc2[C@@H](c2cccc([N+](=O)[O-])c2)[NH2+]1. The molecule has 0 aliphatic carbocycles. The van der Waals surface area contributed by atoms with Crippen LogP contribution in [-0.4, -0.2) is 26.9 Å². The molecule has 0 amide bonds. The van der Waals surface area contributed by atoms with Gasteiger partial charge in [0.25, 0.3) is 5.69 Å². The summed E-state index contributed by atoms with van der Waals surface area (Å²) < 4.78 is 0. The molecule has 8 nitrogen and oxygen atoms in total. The molecule has 0 spiro atoms. The highest BCUT2D eigenvalue weighted by Gasteiger charge is 2.34. The van der Waals surface area contributed by atoms with Crippen molar-refractivity contribution in [2.24, 2.45) is 0 Å². The fraction of sp³-hybridized carbons (Fsp3) is 0.231. The highest BCUT2D eigenvalue weighted by molar-refractivity contribution is 5.70. The number of non-ortho nitro benzene ring substituents is 1. The molecule has 1 aromatic heterocycles. The Morgan fingerprint density at radius 1 is 1.48 bits per heavy atom. The molecule has 0 saturated carbocycles. The van der Waals surface area contributed by atoms with E-state index in [4.69, 9.17) is 0 Å². The average molecular weight is 288 g/mol. The number of carboxylic acid groups (broad SMARTS) is 1. The Labute approximate surface area is 119 Å². The van der Waals surface area contributed by atoms with Gasteiger partial charge in [0.2, 0.25) is 0 Å². The van der Waals surface area contributed by atoms with Crippen LogP contribution in [0.2, 0.25) is 0 Å². The van der Waals surface area contributed by atoms with E-state index in [2.05, 4.69) is 9.97 Å². The molecule has 0 unspecified atom stereocenters. The minimum Gasteiger partial charge on any atom is -0.544 e. The van der Waals surface area contributed by atoms with Gasteiger partial charge in [0.05, 0.1) is 22.9 Å². The van der Waals surface area contributed by atoms with Crippen molar-refractivity contribution in [3.05, 3.63) is 57.7 Å². The van der Waals surface area contributed by atoms with E-state index in [9.17, 15) is 20.0 Å². The van der Waals surface area contributed by atoms with Crippen molar-refractivity contribution in [1.82, 2.24) is 9.97 Å². The van der Waals surface area contributed by atoms with Gasteiger partial charge in [-0.25, -0.2) is 4.98 Å². The third-order valence-corrected chi connectivity index (χ3v) is 3.64. The molecule has 0 saturated heterocycles. The maximum atomic E-state index is 11.2. The average Bonchev–Trinajstić information content (AvgIpc) is 2.94. The zero-order valence-electron chi connectivity index (χ0n) is 10.9. The summed E-state index contributed by atoms with van der Waals surface area (Å²) in [4.78, 5) is 28.7. The standard InChI is InChI=1S/C13H12N4O4/c18-13(19)10-5-9-12(15-6-14-9)11(16-10)7-2-1-3-8(4-7)17(20)21/h1-4,6,10-11,16H,5H2,(H,14,15)(H,18,19)/t10-,11-/m1/s1. The van der Waals surface area contributed by atoms with Crippen LogP contribution in [-0.2, 0) is 11.2 Å². The van der Waals surface area contributed by atoms with Crippen LogP contribution in [0.3, 0.4) is 0 Å². The van der Waals surface area contributed by atoms with E-state index >= 15 is 0 Å². The molecule has 108 valence electrons. The zero-order valence-corrected chi connectivity index (χ0v) is 10.9. The van der Waals surface area contributed by atoms with Crippen molar-refractivity contribution in [3.63, 3.8) is 0 Å².